The zero-order valence-corrected chi connectivity index (χ0v) is 18.3. The van der Waals surface area contributed by atoms with Crippen LogP contribution in [0.1, 0.15) is 90.9 Å². The van der Waals surface area contributed by atoms with E-state index < -0.39 is 0 Å². The van der Waals surface area contributed by atoms with Gasteiger partial charge in [-0.3, -0.25) is 0 Å². The molecule has 3 aliphatic rings. The fourth-order valence-corrected chi connectivity index (χ4v) is 5.84. The molecule has 0 aromatic heterocycles. The molecule has 0 aliphatic heterocycles. The van der Waals surface area contributed by atoms with Crippen LogP contribution in [0.4, 0.5) is 0 Å². The van der Waals surface area contributed by atoms with Gasteiger partial charge in [-0.15, -0.1) is 0 Å². The van der Waals surface area contributed by atoms with Gasteiger partial charge in [-0.05, 0) is 61.5 Å². The van der Waals surface area contributed by atoms with Gasteiger partial charge in [0.2, 0.25) is 0 Å². The van der Waals surface area contributed by atoms with Crippen molar-refractivity contribution in [3.8, 4) is 0 Å². The maximum absolute atomic E-state index is 7.12. The summed E-state index contributed by atoms with van der Waals surface area (Å²) >= 11 is 0. The van der Waals surface area contributed by atoms with Crippen LogP contribution in [-0.4, -0.2) is 6.04 Å². The smallest absolute Gasteiger partial charge is 0.0531 e. The molecule has 2 fully saturated rings. The van der Waals surface area contributed by atoms with Gasteiger partial charge in [0.1, 0.15) is 0 Å². The molecule has 0 bridgehead atoms. The zero-order chi connectivity index (χ0) is 20.0. The highest BCUT2D eigenvalue weighted by Gasteiger charge is 2.44. The minimum atomic E-state index is -0.132. The molecule has 4 N–H and O–H groups in total. The average molecular weight is 383 g/mol. The van der Waals surface area contributed by atoms with Crippen LogP contribution in [0.2, 0.25) is 0 Å². The molecule has 0 heterocycles. The summed E-state index contributed by atoms with van der Waals surface area (Å²) in [6, 6.07) is -0.0300. The lowest BCUT2D eigenvalue weighted by Gasteiger charge is -2.46. The van der Waals surface area contributed by atoms with Crippen LogP contribution in [-0.2, 0) is 0 Å². The van der Waals surface area contributed by atoms with Crippen molar-refractivity contribution in [1.29, 1.82) is 0 Å². The van der Waals surface area contributed by atoms with Crippen LogP contribution in [0.15, 0.2) is 47.2 Å². The topological polar surface area (TPSA) is 52.0 Å². The molecule has 0 aromatic rings. The van der Waals surface area contributed by atoms with Crippen LogP contribution in [0.3, 0.4) is 0 Å². The minimum Gasteiger partial charge on any atom is -0.401 e. The van der Waals surface area contributed by atoms with Crippen molar-refractivity contribution >= 4 is 0 Å². The number of hydrogen-bond donors (Lipinski definition) is 2. The predicted molar refractivity (Wildman–Crippen MR) is 122 cm³/mol. The van der Waals surface area contributed by atoms with E-state index in [0.717, 1.165) is 18.5 Å². The normalized spacial score (nSPS) is 31.1. The van der Waals surface area contributed by atoms with E-state index in [1.165, 1.54) is 75.4 Å². The molecule has 156 valence electrons. The summed E-state index contributed by atoms with van der Waals surface area (Å²) in [7, 11) is 0. The molecule has 2 unspecified atom stereocenters. The first kappa shape index (κ1) is 21.4. The molecule has 3 aliphatic carbocycles. The second-order valence-corrected chi connectivity index (χ2v) is 9.22. The molecule has 2 atom stereocenters. The summed E-state index contributed by atoms with van der Waals surface area (Å²) in [4.78, 5) is 0. The predicted octanol–water partition coefficient (Wildman–Crippen LogP) is 6.55. The van der Waals surface area contributed by atoms with E-state index in [0.29, 0.717) is 11.8 Å². The Morgan fingerprint density at radius 2 is 1.54 bits per heavy atom. The first-order chi connectivity index (χ1) is 13.6. The Kier molecular flexibility index (Phi) is 7.62. The Morgan fingerprint density at radius 3 is 2.14 bits per heavy atom. The number of nitrogens with two attached hydrogens (primary N) is 2. The molecule has 0 amide bonds. The van der Waals surface area contributed by atoms with E-state index >= 15 is 0 Å². The highest BCUT2D eigenvalue weighted by molar-refractivity contribution is 5.49. The van der Waals surface area contributed by atoms with Crippen LogP contribution in [0.5, 0.6) is 0 Å². The van der Waals surface area contributed by atoms with Gasteiger partial charge in [0, 0.05) is 11.1 Å². The van der Waals surface area contributed by atoms with Gasteiger partial charge in [0.15, 0.2) is 0 Å². The average Bonchev–Trinajstić information content (AvgIpc) is 2.74. The fourth-order valence-electron chi connectivity index (χ4n) is 5.84. The minimum absolute atomic E-state index is 0.0300. The Hall–Kier alpha value is -1.28. The maximum atomic E-state index is 7.12. The van der Waals surface area contributed by atoms with Crippen LogP contribution in [0, 0.1) is 17.3 Å². The van der Waals surface area contributed by atoms with Crippen molar-refractivity contribution in [2.24, 2.45) is 28.7 Å². The monoisotopic (exact) mass is 382 g/mol. The van der Waals surface area contributed by atoms with E-state index in [-0.39, 0.29) is 11.5 Å². The first-order valence-electron chi connectivity index (χ1n) is 12.0. The van der Waals surface area contributed by atoms with E-state index in [1.54, 1.807) is 0 Å². The van der Waals surface area contributed by atoms with E-state index in [1.807, 2.05) is 0 Å². The largest absolute Gasteiger partial charge is 0.401 e. The molecular formula is C26H42N2. The number of hydrogen-bond acceptors (Lipinski definition) is 2. The molecule has 3 rings (SSSR count). The second kappa shape index (κ2) is 9.96. The zero-order valence-electron chi connectivity index (χ0n) is 18.3. The number of allylic oxidation sites excluding steroid dienone is 3. The number of rotatable bonds is 6. The van der Waals surface area contributed by atoms with Gasteiger partial charge < -0.3 is 11.5 Å². The Balaban J connectivity index is 2.12. The van der Waals surface area contributed by atoms with Crippen LogP contribution in [0.25, 0.3) is 0 Å². The molecule has 0 spiro atoms. The molecule has 2 heteroatoms. The second-order valence-electron chi connectivity index (χ2n) is 9.22. The summed E-state index contributed by atoms with van der Waals surface area (Å²) in [6.45, 7) is 4.42. The third-order valence-corrected chi connectivity index (χ3v) is 7.38. The molecule has 0 radical (unpaired) electrons. The standard InChI is InChI=1S/C26H42N2/c1-3-5-13-21-19-26(18-6-4-2,22-16-11-8-12-17-22)25(28)23(24(21)27)20-14-9-7-10-15-20/h5-6,13,18-20,22,24H,3-4,7-12,14-17,27-28H2,1-2H3/b13-5+,18-6+. The van der Waals surface area contributed by atoms with Gasteiger partial charge in [-0.25, -0.2) is 0 Å². The van der Waals surface area contributed by atoms with Crippen molar-refractivity contribution in [2.45, 2.75) is 96.9 Å². The highest BCUT2D eigenvalue weighted by Crippen LogP contribution is 2.51. The van der Waals surface area contributed by atoms with Gasteiger partial charge in [-0.2, -0.15) is 0 Å². The highest BCUT2D eigenvalue weighted by atomic mass is 14.7. The summed E-state index contributed by atoms with van der Waals surface area (Å²) in [5, 5.41) is 0. The lowest BCUT2D eigenvalue weighted by Crippen LogP contribution is -2.44. The van der Waals surface area contributed by atoms with E-state index in [9.17, 15) is 0 Å². The van der Waals surface area contributed by atoms with Crippen LogP contribution >= 0.6 is 0 Å². The van der Waals surface area contributed by atoms with E-state index in [2.05, 4.69) is 44.2 Å². The van der Waals surface area contributed by atoms with E-state index in [4.69, 9.17) is 11.5 Å². The third-order valence-electron chi connectivity index (χ3n) is 7.38. The first-order valence-corrected chi connectivity index (χ1v) is 12.0. The van der Waals surface area contributed by atoms with Crippen molar-refractivity contribution in [3.05, 3.63) is 47.2 Å². The van der Waals surface area contributed by atoms with Crippen molar-refractivity contribution in [2.75, 3.05) is 0 Å². The Bertz CT molecular complexity index is 627. The van der Waals surface area contributed by atoms with Gasteiger partial charge >= 0.3 is 0 Å². The van der Waals surface area contributed by atoms with Gasteiger partial charge in [-0.1, -0.05) is 82.8 Å². The summed E-state index contributed by atoms with van der Waals surface area (Å²) in [5.74, 6) is 1.18. The Labute approximate surface area is 173 Å². The SMILES string of the molecule is CC/C=C/C1=CC(/C=C/CC)(C2CCCCC2)C(N)=C(C2CCCCC2)C1N. The van der Waals surface area contributed by atoms with Crippen molar-refractivity contribution < 1.29 is 0 Å². The lowest BCUT2D eigenvalue weighted by atomic mass is 9.60. The lowest BCUT2D eigenvalue weighted by molar-refractivity contribution is 0.241. The molecule has 28 heavy (non-hydrogen) atoms. The summed E-state index contributed by atoms with van der Waals surface area (Å²) in [5.41, 5.74) is 17.7. The van der Waals surface area contributed by atoms with Crippen molar-refractivity contribution in [1.82, 2.24) is 0 Å². The van der Waals surface area contributed by atoms with Crippen molar-refractivity contribution in [3.63, 3.8) is 0 Å². The molecule has 2 nitrogen and oxygen atoms in total. The summed E-state index contributed by atoms with van der Waals surface area (Å²) in [6.07, 6.45) is 27.0. The maximum Gasteiger partial charge on any atom is 0.0531 e. The molecule has 2 saturated carbocycles. The summed E-state index contributed by atoms with van der Waals surface area (Å²) < 4.78 is 0. The van der Waals surface area contributed by atoms with Crippen LogP contribution < -0.4 is 11.5 Å². The van der Waals surface area contributed by atoms with Gasteiger partial charge in [0.05, 0.1) is 6.04 Å². The fraction of sp³-hybridized carbons (Fsp3) is 0.692. The molecule has 0 saturated heterocycles. The molecule has 0 aromatic carbocycles. The molecular weight excluding hydrogens is 340 g/mol. The third kappa shape index (κ3) is 4.32. The Morgan fingerprint density at radius 1 is 0.929 bits per heavy atom. The quantitative estimate of drug-likeness (QED) is 0.512. The van der Waals surface area contributed by atoms with Gasteiger partial charge in [0.25, 0.3) is 0 Å².